The summed E-state index contributed by atoms with van der Waals surface area (Å²) in [7, 11) is 0. The number of halogens is 1. The van der Waals surface area contributed by atoms with E-state index in [1.54, 1.807) is 6.08 Å². The Morgan fingerprint density at radius 2 is 1.87 bits per heavy atom. The maximum Gasteiger partial charge on any atom is 0.336 e. The summed E-state index contributed by atoms with van der Waals surface area (Å²) in [5.74, 6) is -2.18. The van der Waals surface area contributed by atoms with Crippen LogP contribution in [-0.4, -0.2) is 33.1 Å². The number of alkyl halides is 1. The normalized spacial score (nSPS) is 27.3. The van der Waals surface area contributed by atoms with Crippen LogP contribution in [0.4, 0.5) is 0 Å². The Hall–Kier alpha value is -1.66. The molecule has 2 unspecified atom stereocenters. The van der Waals surface area contributed by atoms with Gasteiger partial charge in [0.05, 0.1) is 12.0 Å². The Morgan fingerprint density at radius 3 is 2.39 bits per heavy atom. The van der Waals surface area contributed by atoms with E-state index in [0.29, 0.717) is 5.33 Å². The van der Waals surface area contributed by atoms with Crippen LogP contribution in [0.1, 0.15) is 25.3 Å². The molecule has 1 aliphatic rings. The van der Waals surface area contributed by atoms with Crippen LogP contribution in [-0.2, 0) is 20.9 Å². The van der Waals surface area contributed by atoms with Crippen molar-refractivity contribution in [3.8, 4) is 0 Å². The molecule has 6 heteroatoms. The number of hydrogen-bond donors (Lipinski definition) is 2. The van der Waals surface area contributed by atoms with Crippen LogP contribution in [0, 0.1) is 5.41 Å². The molecule has 0 heterocycles. The van der Waals surface area contributed by atoms with Gasteiger partial charge in [-0.05, 0) is 12.5 Å². The Balaban J connectivity index is 2.31. The topological polar surface area (TPSA) is 83.8 Å². The van der Waals surface area contributed by atoms with Gasteiger partial charge in [-0.15, -0.1) is 0 Å². The highest BCUT2D eigenvalue weighted by atomic mass is 79.9. The number of carboxylic acid groups (broad SMARTS) is 2. The standard InChI is InChI=1S/C17H19BrO5/c1-16(14(19)20)7-13(9-18)8-17(11-16,15(21)22)23-10-12-5-3-2-4-6-12/h2-7H,8-11H2,1H3,(H,19,20)(H,21,22). The molecule has 0 aliphatic heterocycles. The van der Waals surface area contributed by atoms with Crippen molar-refractivity contribution in [2.75, 3.05) is 5.33 Å². The molecule has 0 radical (unpaired) electrons. The molecule has 0 aromatic heterocycles. The molecule has 2 rings (SSSR count). The quantitative estimate of drug-likeness (QED) is 0.582. The van der Waals surface area contributed by atoms with Crippen LogP contribution in [0.5, 0.6) is 0 Å². The first-order chi connectivity index (χ1) is 10.8. The summed E-state index contributed by atoms with van der Waals surface area (Å²) in [6.07, 6.45) is 1.70. The summed E-state index contributed by atoms with van der Waals surface area (Å²) in [5, 5.41) is 19.7. The molecule has 1 aliphatic carbocycles. The molecular weight excluding hydrogens is 364 g/mol. The van der Waals surface area contributed by atoms with Crippen LogP contribution < -0.4 is 0 Å². The minimum atomic E-state index is -1.54. The Morgan fingerprint density at radius 1 is 1.22 bits per heavy atom. The second-order valence-electron chi connectivity index (χ2n) is 6.09. The predicted molar refractivity (Wildman–Crippen MR) is 88.5 cm³/mol. The van der Waals surface area contributed by atoms with Crippen LogP contribution in [0.2, 0.25) is 0 Å². The van der Waals surface area contributed by atoms with E-state index < -0.39 is 23.0 Å². The lowest BCUT2D eigenvalue weighted by molar-refractivity contribution is -0.176. The number of benzene rings is 1. The molecule has 5 nitrogen and oxygen atoms in total. The molecule has 0 spiro atoms. The van der Waals surface area contributed by atoms with Crippen LogP contribution in [0.3, 0.4) is 0 Å². The van der Waals surface area contributed by atoms with Gasteiger partial charge in [0.25, 0.3) is 0 Å². The first-order valence-electron chi connectivity index (χ1n) is 7.22. The molecule has 2 atom stereocenters. The van der Waals surface area contributed by atoms with Crippen LogP contribution >= 0.6 is 15.9 Å². The summed E-state index contributed by atoms with van der Waals surface area (Å²) < 4.78 is 5.77. The van der Waals surface area contributed by atoms with Gasteiger partial charge in [0.2, 0.25) is 0 Å². The average Bonchev–Trinajstić information content (AvgIpc) is 2.53. The smallest absolute Gasteiger partial charge is 0.336 e. The zero-order chi connectivity index (χ0) is 17.1. The maximum absolute atomic E-state index is 11.9. The number of carbonyl (C=O) groups is 2. The van der Waals surface area contributed by atoms with Crippen molar-refractivity contribution in [1.82, 2.24) is 0 Å². The van der Waals surface area contributed by atoms with Gasteiger partial charge in [0.1, 0.15) is 0 Å². The first kappa shape index (κ1) is 17.7. The monoisotopic (exact) mass is 382 g/mol. The van der Waals surface area contributed by atoms with E-state index in [-0.39, 0.29) is 19.4 Å². The molecule has 0 bridgehead atoms. The van der Waals surface area contributed by atoms with Crippen LogP contribution in [0.25, 0.3) is 0 Å². The zero-order valence-electron chi connectivity index (χ0n) is 12.8. The van der Waals surface area contributed by atoms with Gasteiger partial charge < -0.3 is 14.9 Å². The third kappa shape index (κ3) is 3.82. The molecule has 0 saturated carbocycles. The molecule has 1 aromatic carbocycles. The van der Waals surface area contributed by atoms with Crippen molar-refractivity contribution < 1.29 is 24.5 Å². The number of hydrogen-bond acceptors (Lipinski definition) is 3. The number of aliphatic carboxylic acids is 2. The van der Waals surface area contributed by atoms with Gasteiger partial charge in [0, 0.05) is 18.2 Å². The summed E-state index contributed by atoms with van der Waals surface area (Å²) in [6.45, 7) is 1.65. The highest BCUT2D eigenvalue weighted by molar-refractivity contribution is 9.09. The van der Waals surface area contributed by atoms with E-state index in [0.717, 1.165) is 11.1 Å². The summed E-state index contributed by atoms with van der Waals surface area (Å²) in [4.78, 5) is 23.5. The van der Waals surface area contributed by atoms with Crippen molar-refractivity contribution in [3.05, 3.63) is 47.5 Å². The lowest BCUT2D eigenvalue weighted by Crippen LogP contribution is -2.50. The molecule has 1 aromatic rings. The van der Waals surface area contributed by atoms with Gasteiger partial charge in [0.15, 0.2) is 5.60 Å². The highest BCUT2D eigenvalue weighted by Crippen LogP contribution is 2.43. The third-order valence-corrected chi connectivity index (χ3v) is 4.82. The van der Waals surface area contributed by atoms with E-state index in [9.17, 15) is 19.8 Å². The molecular formula is C17H19BrO5. The second kappa shape index (κ2) is 6.84. The molecule has 23 heavy (non-hydrogen) atoms. The van der Waals surface area contributed by atoms with E-state index in [1.165, 1.54) is 6.92 Å². The fourth-order valence-corrected chi connectivity index (χ4v) is 3.27. The number of ether oxygens (including phenoxy) is 1. The Labute approximate surface area is 143 Å². The SMILES string of the molecule is CC1(C(=O)O)C=C(CBr)CC(OCc2ccccc2)(C(=O)O)C1. The van der Waals surface area contributed by atoms with E-state index in [1.807, 2.05) is 30.3 Å². The maximum atomic E-state index is 11.9. The lowest BCUT2D eigenvalue weighted by atomic mass is 9.70. The first-order valence-corrected chi connectivity index (χ1v) is 8.35. The molecule has 0 fully saturated rings. The average molecular weight is 383 g/mol. The van der Waals surface area contributed by atoms with Gasteiger partial charge in [-0.3, -0.25) is 4.79 Å². The minimum Gasteiger partial charge on any atom is -0.481 e. The van der Waals surface area contributed by atoms with E-state index in [2.05, 4.69) is 15.9 Å². The van der Waals surface area contributed by atoms with Crippen molar-refractivity contribution in [3.63, 3.8) is 0 Å². The highest BCUT2D eigenvalue weighted by Gasteiger charge is 2.51. The molecule has 2 N–H and O–H groups in total. The third-order valence-electron chi connectivity index (χ3n) is 4.10. The van der Waals surface area contributed by atoms with Gasteiger partial charge >= 0.3 is 11.9 Å². The Kier molecular flexibility index (Phi) is 5.26. The molecule has 0 saturated heterocycles. The summed E-state index contributed by atoms with van der Waals surface area (Å²) in [5.41, 5.74) is -1.24. The van der Waals surface area contributed by atoms with E-state index >= 15 is 0 Å². The van der Waals surface area contributed by atoms with Gasteiger partial charge in [-0.25, -0.2) is 4.79 Å². The van der Waals surface area contributed by atoms with Crippen molar-refractivity contribution in [1.29, 1.82) is 0 Å². The van der Waals surface area contributed by atoms with Crippen LogP contribution in [0.15, 0.2) is 42.0 Å². The fraction of sp³-hybridized carbons (Fsp3) is 0.412. The van der Waals surface area contributed by atoms with Gasteiger partial charge in [-0.1, -0.05) is 57.9 Å². The lowest BCUT2D eigenvalue weighted by Gasteiger charge is -2.40. The van der Waals surface area contributed by atoms with Crippen molar-refractivity contribution >= 4 is 27.9 Å². The fourth-order valence-electron chi connectivity index (χ4n) is 2.91. The summed E-state index contributed by atoms with van der Waals surface area (Å²) in [6, 6.07) is 9.24. The Bertz CT molecular complexity index is 627. The van der Waals surface area contributed by atoms with Crippen molar-refractivity contribution in [2.24, 2.45) is 5.41 Å². The largest absolute Gasteiger partial charge is 0.481 e. The number of rotatable bonds is 6. The summed E-state index contributed by atoms with van der Waals surface area (Å²) >= 11 is 3.30. The number of carboxylic acids is 2. The second-order valence-corrected chi connectivity index (χ2v) is 6.65. The molecule has 0 amide bonds. The van der Waals surface area contributed by atoms with Gasteiger partial charge in [-0.2, -0.15) is 0 Å². The van der Waals surface area contributed by atoms with E-state index in [4.69, 9.17) is 4.74 Å². The predicted octanol–water partition coefficient (Wildman–Crippen LogP) is 3.23. The van der Waals surface area contributed by atoms with Crippen molar-refractivity contribution in [2.45, 2.75) is 32.0 Å². The molecule has 124 valence electrons. The minimum absolute atomic E-state index is 0.103. The zero-order valence-corrected chi connectivity index (χ0v) is 14.4.